The first-order valence-corrected chi connectivity index (χ1v) is 5.13. The highest BCUT2D eigenvalue weighted by Crippen LogP contribution is 2.21. The van der Waals surface area contributed by atoms with Crippen LogP contribution in [0.15, 0.2) is 12.1 Å². The molecule has 86 valence electrons. The molecule has 6 nitrogen and oxygen atoms in total. The first-order valence-electron chi connectivity index (χ1n) is 5.13. The normalized spacial score (nSPS) is 23.4. The zero-order chi connectivity index (χ0) is 11.5. The SMILES string of the molecule is COC(=O)c1ccc(NC2CC(N)C2)nn1. The maximum atomic E-state index is 11.1. The molecule has 0 aliphatic heterocycles. The molecule has 1 fully saturated rings. The molecule has 16 heavy (non-hydrogen) atoms. The van der Waals surface area contributed by atoms with Crippen molar-refractivity contribution < 1.29 is 9.53 Å². The number of methoxy groups -OCH3 is 1. The maximum Gasteiger partial charge on any atom is 0.358 e. The van der Waals surface area contributed by atoms with Gasteiger partial charge in [-0.15, -0.1) is 10.2 Å². The molecule has 1 aromatic rings. The third-order valence-electron chi connectivity index (χ3n) is 2.59. The maximum absolute atomic E-state index is 11.1. The fourth-order valence-corrected chi connectivity index (χ4v) is 1.61. The fourth-order valence-electron chi connectivity index (χ4n) is 1.61. The Kier molecular flexibility index (Phi) is 3.00. The summed E-state index contributed by atoms with van der Waals surface area (Å²) in [6.45, 7) is 0. The van der Waals surface area contributed by atoms with E-state index >= 15 is 0 Å². The van der Waals surface area contributed by atoms with Crippen LogP contribution in [0.2, 0.25) is 0 Å². The van der Waals surface area contributed by atoms with Crippen molar-refractivity contribution in [3.8, 4) is 0 Å². The number of aromatic nitrogens is 2. The smallest absolute Gasteiger partial charge is 0.358 e. The summed E-state index contributed by atoms with van der Waals surface area (Å²) in [6.07, 6.45) is 1.89. The quantitative estimate of drug-likeness (QED) is 0.708. The highest BCUT2D eigenvalue weighted by Gasteiger charge is 2.25. The molecule has 2 rings (SSSR count). The van der Waals surface area contributed by atoms with Gasteiger partial charge in [-0.05, 0) is 25.0 Å². The molecule has 0 bridgehead atoms. The zero-order valence-electron chi connectivity index (χ0n) is 9.01. The average Bonchev–Trinajstić information content (AvgIpc) is 2.27. The van der Waals surface area contributed by atoms with Crippen LogP contribution in [0.4, 0.5) is 5.82 Å². The molecular formula is C10H14N4O2. The summed E-state index contributed by atoms with van der Waals surface area (Å²) >= 11 is 0. The van der Waals surface area contributed by atoms with E-state index in [1.54, 1.807) is 12.1 Å². The van der Waals surface area contributed by atoms with E-state index in [0.717, 1.165) is 12.8 Å². The van der Waals surface area contributed by atoms with Gasteiger partial charge < -0.3 is 15.8 Å². The minimum absolute atomic E-state index is 0.207. The Morgan fingerprint density at radius 1 is 1.50 bits per heavy atom. The third-order valence-corrected chi connectivity index (χ3v) is 2.59. The van der Waals surface area contributed by atoms with Gasteiger partial charge >= 0.3 is 5.97 Å². The molecule has 1 saturated carbocycles. The lowest BCUT2D eigenvalue weighted by Crippen LogP contribution is -2.44. The van der Waals surface area contributed by atoms with Crippen molar-refractivity contribution in [1.82, 2.24) is 10.2 Å². The lowest BCUT2D eigenvalue weighted by atomic mass is 9.88. The summed E-state index contributed by atoms with van der Waals surface area (Å²) in [5, 5.41) is 10.8. The van der Waals surface area contributed by atoms with Gasteiger partial charge in [-0.25, -0.2) is 4.79 Å². The number of nitrogens with one attached hydrogen (secondary N) is 1. The van der Waals surface area contributed by atoms with Crippen molar-refractivity contribution in [3.05, 3.63) is 17.8 Å². The Bertz CT molecular complexity index is 373. The van der Waals surface area contributed by atoms with Gasteiger partial charge in [-0.3, -0.25) is 0 Å². The Hall–Kier alpha value is -1.69. The highest BCUT2D eigenvalue weighted by molar-refractivity contribution is 5.86. The van der Waals surface area contributed by atoms with E-state index < -0.39 is 5.97 Å². The van der Waals surface area contributed by atoms with Gasteiger partial charge in [-0.2, -0.15) is 0 Å². The molecule has 3 N–H and O–H groups in total. The van der Waals surface area contributed by atoms with E-state index in [0.29, 0.717) is 17.9 Å². The summed E-state index contributed by atoms with van der Waals surface area (Å²) in [6, 6.07) is 3.95. The van der Waals surface area contributed by atoms with E-state index in [4.69, 9.17) is 5.73 Å². The summed E-state index contributed by atoms with van der Waals surface area (Å²) in [4.78, 5) is 11.1. The van der Waals surface area contributed by atoms with Crippen molar-refractivity contribution in [2.45, 2.75) is 24.9 Å². The molecule has 6 heteroatoms. The second-order valence-electron chi connectivity index (χ2n) is 3.87. The minimum atomic E-state index is -0.482. The molecule has 0 saturated heterocycles. The van der Waals surface area contributed by atoms with Crippen molar-refractivity contribution in [1.29, 1.82) is 0 Å². The molecule has 0 spiro atoms. The van der Waals surface area contributed by atoms with Crippen LogP contribution >= 0.6 is 0 Å². The van der Waals surface area contributed by atoms with Crippen LogP contribution in [-0.2, 0) is 4.74 Å². The van der Waals surface area contributed by atoms with E-state index in [9.17, 15) is 4.79 Å². The standard InChI is InChI=1S/C10H14N4O2/c1-16-10(15)8-2-3-9(14-13-8)12-7-4-6(11)5-7/h2-3,6-7H,4-5,11H2,1H3,(H,12,14). The summed E-state index contributed by atoms with van der Waals surface area (Å²) in [5.41, 5.74) is 5.87. The zero-order valence-corrected chi connectivity index (χ0v) is 9.01. The van der Waals surface area contributed by atoms with Gasteiger partial charge in [0.15, 0.2) is 5.69 Å². The highest BCUT2D eigenvalue weighted by atomic mass is 16.5. The summed E-state index contributed by atoms with van der Waals surface area (Å²) < 4.78 is 4.53. The Labute approximate surface area is 93.2 Å². The number of anilines is 1. The number of carbonyl (C=O) groups excluding carboxylic acids is 1. The number of hydrogen-bond donors (Lipinski definition) is 2. The number of nitrogens with zero attached hydrogens (tertiary/aromatic N) is 2. The number of carbonyl (C=O) groups is 1. The van der Waals surface area contributed by atoms with Crippen LogP contribution in [0.3, 0.4) is 0 Å². The van der Waals surface area contributed by atoms with Crippen molar-refractivity contribution >= 4 is 11.8 Å². The molecule has 1 aliphatic rings. The molecule has 1 aliphatic carbocycles. The first-order chi connectivity index (χ1) is 7.69. The molecular weight excluding hydrogens is 208 g/mol. The second kappa shape index (κ2) is 4.44. The Morgan fingerprint density at radius 2 is 2.25 bits per heavy atom. The Balaban J connectivity index is 1.94. The van der Waals surface area contributed by atoms with E-state index in [-0.39, 0.29) is 5.69 Å². The minimum Gasteiger partial charge on any atom is -0.464 e. The predicted molar refractivity (Wildman–Crippen MR) is 58.0 cm³/mol. The monoisotopic (exact) mass is 222 g/mol. The topological polar surface area (TPSA) is 90.1 Å². The van der Waals surface area contributed by atoms with Crippen molar-refractivity contribution in [2.75, 3.05) is 12.4 Å². The first kappa shape index (κ1) is 10.8. The van der Waals surface area contributed by atoms with Gasteiger partial charge in [-0.1, -0.05) is 0 Å². The summed E-state index contributed by atoms with van der Waals surface area (Å²) in [5.74, 6) is 0.175. The predicted octanol–water partition coefficient (Wildman–Crippen LogP) is 0.165. The molecule has 0 radical (unpaired) electrons. The Morgan fingerprint density at radius 3 is 2.75 bits per heavy atom. The van der Waals surface area contributed by atoms with Crippen LogP contribution in [0.25, 0.3) is 0 Å². The van der Waals surface area contributed by atoms with E-state index in [2.05, 4.69) is 20.3 Å². The number of esters is 1. The van der Waals surface area contributed by atoms with Gasteiger partial charge in [0.25, 0.3) is 0 Å². The molecule has 0 amide bonds. The summed E-state index contributed by atoms with van der Waals surface area (Å²) in [7, 11) is 1.31. The van der Waals surface area contributed by atoms with E-state index in [1.807, 2.05) is 0 Å². The lowest BCUT2D eigenvalue weighted by molar-refractivity contribution is 0.0593. The molecule has 1 heterocycles. The molecule has 0 unspecified atom stereocenters. The van der Waals surface area contributed by atoms with Crippen LogP contribution in [0.1, 0.15) is 23.3 Å². The number of nitrogens with two attached hydrogens (primary N) is 1. The van der Waals surface area contributed by atoms with E-state index in [1.165, 1.54) is 7.11 Å². The third kappa shape index (κ3) is 2.27. The van der Waals surface area contributed by atoms with Crippen LogP contribution in [-0.4, -0.2) is 35.4 Å². The average molecular weight is 222 g/mol. The number of hydrogen-bond acceptors (Lipinski definition) is 6. The second-order valence-corrected chi connectivity index (χ2v) is 3.87. The van der Waals surface area contributed by atoms with Crippen LogP contribution < -0.4 is 11.1 Å². The van der Waals surface area contributed by atoms with Gasteiger partial charge in [0.05, 0.1) is 7.11 Å². The van der Waals surface area contributed by atoms with Gasteiger partial charge in [0.1, 0.15) is 5.82 Å². The fraction of sp³-hybridized carbons (Fsp3) is 0.500. The van der Waals surface area contributed by atoms with Gasteiger partial charge in [0, 0.05) is 12.1 Å². The largest absolute Gasteiger partial charge is 0.464 e. The molecule has 0 atom stereocenters. The van der Waals surface area contributed by atoms with Crippen molar-refractivity contribution in [2.24, 2.45) is 5.73 Å². The molecule has 0 aromatic carbocycles. The lowest BCUT2D eigenvalue weighted by Gasteiger charge is -2.33. The molecule has 1 aromatic heterocycles. The number of ether oxygens (including phenoxy) is 1. The number of rotatable bonds is 3. The van der Waals surface area contributed by atoms with Crippen molar-refractivity contribution in [3.63, 3.8) is 0 Å². The van der Waals surface area contributed by atoms with Crippen LogP contribution in [0.5, 0.6) is 0 Å². The van der Waals surface area contributed by atoms with Gasteiger partial charge in [0.2, 0.25) is 0 Å². The van der Waals surface area contributed by atoms with Crippen LogP contribution in [0, 0.1) is 0 Å².